The first-order chi connectivity index (χ1) is 9.88. The van der Waals surface area contributed by atoms with E-state index in [1.165, 1.54) is 11.0 Å². The van der Waals surface area contributed by atoms with Crippen molar-refractivity contribution in [2.24, 2.45) is 0 Å². The van der Waals surface area contributed by atoms with Crippen LogP contribution in [0.15, 0.2) is 16.6 Å². The van der Waals surface area contributed by atoms with Gasteiger partial charge in [-0.15, -0.1) is 0 Å². The van der Waals surface area contributed by atoms with Crippen molar-refractivity contribution >= 4 is 33.4 Å². The van der Waals surface area contributed by atoms with E-state index in [0.29, 0.717) is 25.9 Å². The van der Waals surface area contributed by atoms with Gasteiger partial charge in [0, 0.05) is 19.1 Å². The highest BCUT2D eigenvalue weighted by Gasteiger charge is 2.25. The summed E-state index contributed by atoms with van der Waals surface area (Å²) in [7, 11) is 0. The number of rotatable bonds is 3. The number of nitro benzene ring substituents is 1. The van der Waals surface area contributed by atoms with Crippen molar-refractivity contribution in [1.29, 1.82) is 0 Å². The Morgan fingerprint density at radius 2 is 2.10 bits per heavy atom. The monoisotopic (exact) mass is 361 g/mol. The van der Waals surface area contributed by atoms with Crippen molar-refractivity contribution in [3.63, 3.8) is 0 Å². The van der Waals surface area contributed by atoms with E-state index in [1.807, 2.05) is 0 Å². The molecule has 7 nitrogen and oxygen atoms in total. The van der Waals surface area contributed by atoms with E-state index in [0.717, 1.165) is 6.07 Å². The molecular formula is C12H13BrFN3O4. The Labute approximate surface area is 128 Å². The fourth-order valence-corrected chi connectivity index (χ4v) is 2.58. The number of hydrogen-bond acceptors (Lipinski definition) is 4. The van der Waals surface area contributed by atoms with Gasteiger partial charge in [0.05, 0.1) is 15.5 Å². The lowest BCUT2D eigenvalue weighted by Crippen LogP contribution is -2.41. The first-order valence-corrected chi connectivity index (χ1v) is 7.05. The molecule has 1 aromatic rings. The van der Waals surface area contributed by atoms with Gasteiger partial charge in [0.1, 0.15) is 11.5 Å². The van der Waals surface area contributed by atoms with Crippen LogP contribution in [0.25, 0.3) is 0 Å². The largest absolute Gasteiger partial charge is 0.465 e. The highest BCUT2D eigenvalue weighted by molar-refractivity contribution is 9.10. The molecule has 0 unspecified atom stereocenters. The number of likely N-dealkylation sites (tertiary alicyclic amines) is 1. The lowest BCUT2D eigenvalue weighted by Gasteiger charge is -2.30. The SMILES string of the molecule is O=C(O)N1CCC(Nc2cc(Br)c(F)cc2[N+](=O)[O-])CC1. The summed E-state index contributed by atoms with van der Waals surface area (Å²) in [5, 5.41) is 22.8. The van der Waals surface area contributed by atoms with Crippen LogP contribution in [-0.2, 0) is 0 Å². The third-order valence-corrected chi connectivity index (χ3v) is 3.97. The predicted molar refractivity (Wildman–Crippen MR) is 77.0 cm³/mol. The van der Waals surface area contributed by atoms with Crippen molar-refractivity contribution in [2.75, 3.05) is 18.4 Å². The summed E-state index contributed by atoms with van der Waals surface area (Å²) in [6.45, 7) is 0.728. The Morgan fingerprint density at radius 3 is 2.62 bits per heavy atom. The molecule has 2 N–H and O–H groups in total. The molecule has 1 aromatic carbocycles. The molecule has 0 aliphatic carbocycles. The van der Waals surface area contributed by atoms with E-state index < -0.39 is 16.8 Å². The number of amides is 1. The standard InChI is InChI=1S/C12H13BrFN3O4/c13-8-5-10(11(17(20)21)6-9(8)14)15-7-1-3-16(4-2-7)12(18)19/h5-7,15H,1-4H2,(H,18,19). The smallest absolute Gasteiger partial charge is 0.407 e. The molecule has 1 aliphatic rings. The Hall–Kier alpha value is -1.90. The number of halogens is 2. The zero-order valence-corrected chi connectivity index (χ0v) is 12.5. The lowest BCUT2D eigenvalue weighted by molar-refractivity contribution is -0.384. The Kier molecular flexibility index (Phi) is 4.61. The summed E-state index contributed by atoms with van der Waals surface area (Å²) in [4.78, 5) is 22.4. The third-order valence-electron chi connectivity index (χ3n) is 3.36. The summed E-state index contributed by atoms with van der Waals surface area (Å²) in [5.41, 5.74) is -0.113. The topological polar surface area (TPSA) is 95.7 Å². The van der Waals surface area contributed by atoms with Crippen molar-refractivity contribution in [3.05, 3.63) is 32.5 Å². The fraction of sp³-hybridized carbons (Fsp3) is 0.417. The number of hydrogen-bond donors (Lipinski definition) is 2. The van der Waals surface area contributed by atoms with Crippen molar-refractivity contribution in [2.45, 2.75) is 18.9 Å². The van der Waals surface area contributed by atoms with E-state index >= 15 is 0 Å². The van der Waals surface area contributed by atoms with Gasteiger partial charge >= 0.3 is 6.09 Å². The minimum Gasteiger partial charge on any atom is -0.465 e. The van der Waals surface area contributed by atoms with Crippen LogP contribution in [0.1, 0.15) is 12.8 Å². The number of benzene rings is 1. The molecule has 9 heteroatoms. The predicted octanol–water partition coefficient (Wildman–Crippen LogP) is 3.05. The van der Waals surface area contributed by atoms with Crippen molar-refractivity contribution in [3.8, 4) is 0 Å². The molecule has 1 heterocycles. The molecule has 0 bridgehead atoms. The van der Waals surface area contributed by atoms with Crippen molar-refractivity contribution < 1.29 is 19.2 Å². The van der Waals surface area contributed by atoms with Gasteiger partial charge in [-0.2, -0.15) is 0 Å². The van der Waals surface area contributed by atoms with Gasteiger partial charge in [-0.05, 0) is 34.8 Å². The molecule has 2 rings (SSSR count). The maximum absolute atomic E-state index is 13.4. The Bertz CT molecular complexity index is 576. The minimum absolute atomic E-state index is 0.0864. The molecule has 1 saturated heterocycles. The average molecular weight is 362 g/mol. The number of nitrogens with zero attached hydrogens (tertiary/aromatic N) is 2. The number of carboxylic acid groups (broad SMARTS) is 1. The Morgan fingerprint density at radius 1 is 1.48 bits per heavy atom. The summed E-state index contributed by atoms with van der Waals surface area (Å²) >= 11 is 3.00. The quantitative estimate of drug-likeness (QED) is 0.637. The molecule has 114 valence electrons. The lowest BCUT2D eigenvalue weighted by atomic mass is 10.0. The number of anilines is 1. The average Bonchev–Trinajstić information content (AvgIpc) is 2.43. The molecule has 21 heavy (non-hydrogen) atoms. The van der Waals surface area contributed by atoms with Crippen molar-refractivity contribution in [1.82, 2.24) is 4.90 Å². The number of carbonyl (C=O) groups is 1. The fourth-order valence-electron chi connectivity index (χ4n) is 2.24. The van der Waals surface area contributed by atoms with Gasteiger partial charge in [-0.3, -0.25) is 10.1 Å². The van der Waals surface area contributed by atoms with Crippen LogP contribution in [0, 0.1) is 15.9 Å². The van der Waals surface area contributed by atoms with Gasteiger partial charge < -0.3 is 15.3 Å². The zero-order chi connectivity index (χ0) is 15.6. The number of nitro groups is 1. The van der Waals surface area contributed by atoms with Gasteiger partial charge in [0.2, 0.25) is 0 Å². The molecule has 0 saturated carbocycles. The Balaban J connectivity index is 2.11. The summed E-state index contributed by atoms with van der Waals surface area (Å²) in [6, 6.07) is 2.10. The van der Waals surface area contributed by atoms with E-state index in [9.17, 15) is 19.3 Å². The zero-order valence-electron chi connectivity index (χ0n) is 10.9. The highest BCUT2D eigenvalue weighted by atomic mass is 79.9. The second-order valence-corrected chi connectivity index (χ2v) is 5.58. The van der Waals surface area contributed by atoms with Crippen LogP contribution in [0.2, 0.25) is 0 Å². The molecule has 0 radical (unpaired) electrons. The molecule has 0 aromatic heterocycles. The number of piperidine rings is 1. The maximum atomic E-state index is 13.4. The molecular weight excluding hydrogens is 349 g/mol. The molecule has 0 spiro atoms. The molecule has 1 fully saturated rings. The van der Waals surface area contributed by atoms with Gasteiger partial charge in [-0.1, -0.05) is 0 Å². The van der Waals surface area contributed by atoms with E-state index in [4.69, 9.17) is 5.11 Å². The first-order valence-electron chi connectivity index (χ1n) is 6.26. The summed E-state index contributed by atoms with van der Waals surface area (Å²) in [5.74, 6) is -0.701. The van der Waals surface area contributed by atoms with E-state index in [1.54, 1.807) is 0 Å². The van der Waals surface area contributed by atoms with E-state index in [2.05, 4.69) is 21.2 Å². The second-order valence-electron chi connectivity index (χ2n) is 4.73. The first kappa shape index (κ1) is 15.5. The minimum atomic E-state index is -0.969. The summed E-state index contributed by atoms with van der Waals surface area (Å²) < 4.78 is 13.5. The third kappa shape index (κ3) is 3.60. The second kappa shape index (κ2) is 6.25. The molecule has 1 amide bonds. The van der Waals surface area contributed by atoms with Crippen LogP contribution in [0.3, 0.4) is 0 Å². The van der Waals surface area contributed by atoms with Gasteiger partial charge in [0.15, 0.2) is 0 Å². The normalized spacial score (nSPS) is 15.8. The van der Waals surface area contributed by atoms with Crippen LogP contribution in [0.5, 0.6) is 0 Å². The molecule has 0 atom stereocenters. The summed E-state index contributed by atoms with van der Waals surface area (Å²) in [6.07, 6.45) is 0.112. The van der Waals surface area contributed by atoms with Crippen LogP contribution in [-0.4, -0.2) is 40.2 Å². The van der Waals surface area contributed by atoms with E-state index in [-0.39, 0.29) is 21.9 Å². The van der Waals surface area contributed by atoms with Crippen LogP contribution >= 0.6 is 15.9 Å². The van der Waals surface area contributed by atoms with Crippen LogP contribution < -0.4 is 5.32 Å². The van der Waals surface area contributed by atoms with Gasteiger partial charge in [0.25, 0.3) is 5.69 Å². The molecule has 1 aliphatic heterocycles. The number of nitrogens with one attached hydrogen (secondary N) is 1. The maximum Gasteiger partial charge on any atom is 0.407 e. The van der Waals surface area contributed by atoms with Crippen LogP contribution in [0.4, 0.5) is 20.6 Å². The highest BCUT2D eigenvalue weighted by Crippen LogP contribution is 2.32. The van der Waals surface area contributed by atoms with Gasteiger partial charge in [-0.25, -0.2) is 9.18 Å².